The van der Waals surface area contributed by atoms with Crippen LogP contribution >= 0.6 is 0 Å². The van der Waals surface area contributed by atoms with Crippen molar-refractivity contribution in [2.45, 2.75) is 19.4 Å². The Morgan fingerprint density at radius 1 is 1.03 bits per heavy atom. The molecule has 1 unspecified atom stereocenters. The first-order chi connectivity index (χ1) is 17.7. The van der Waals surface area contributed by atoms with E-state index in [0.717, 1.165) is 21.5 Å². The number of nitro benzene ring substituents is 1. The Labute approximate surface area is 211 Å². The number of ether oxygens (including phenoxy) is 1. The van der Waals surface area contributed by atoms with Gasteiger partial charge >= 0.3 is 0 Å². The molecule has 1 heterocycles. The van der Waals surface area contributed by atoms with Crippen LogP contribution in [0, 0.1) is 17.0 Å². The van der Waals surface area contributed by atoms with Crippen molar-refractivity contribution in [3.63, 3.8) is 0 Å². The van der Waals surface area contributed by atoms with Gasteiger partial charge in [0.1, 0.15) is 11.8 Å². The van der Waals surface area contributed by atoms with E-state index in [0.29, 0.717) is 11.4 Å². The van der Waals surface area contributed by atoms with Crippen molar-refractivity contribution in [3.8, 4) is 5.75 Å². The van der Waals surface area contributed by atoms with E-state index in [4.69, 9.17) is 4.74 Å². The molecule has 3 aromatic carbocycles. The van der Waals surface area contributed by atoms with Crippen LogP contribution in [0.2, 0.25) is 0 Å². The molecule has 1 fully saturated rings. The van der Waals surface area contributed by atoms with Crippen LogP contribution in [0.25, 0.3) is 0 Å². The van der Waals surface area contributed by atoms with Gasteiger partial charge in [-0.05, 0) is 55.0 Å². The molecular weight excluding hydrogens is 480 g/mol. The second kappa shape index (κ2) is 10.3. The number of hydrogen-bond acceptors (Lipinski definition) is 7. The fraction of sp³-hybridized carbons (Fsp3) is 0.154. The molecule has 0 spiro atoms. The zero-order chi connectivity index (χ0) is 26.7. The second-order valence-electron chi connectivity index (χ2n) is 8.28. The summed E-state index contributed by atoms with van der Waals surface area (Å²) in [7, 11) is 1.47. The molecule has 1 aliphatic rings. The molecule has 0 aliphatic carbocycles. The molecule has 11 heteroatoms. The van der Waals surface area contributed by atoms with E-state index in [-0.39, 0.29) is 16.8 Å². The summed E-state index contributed by atoms with van der Waals surface area (Å²) >= 11 is 0. The maximum absolute atomic E-state index is 13.5. The highest BCUT2D eigenvalue weighted by atomic mass is 16.6. The van der Waals surface area contributed by atoms with Crippen molar-refractivity contribution in [2.75, 3.05) is 12.0 Å². The average Bonchev–Trinajstić information content (AvgIpc) is 3.20. The number of imide groups is 1. The molecule has 1 saturated heterocycles. The van der Waals surface area contributed by atoms with Gasteiger partial charge in [0.05, 0.1) is 24.1 Å². The van der Waals surface area contributed by atoms with Gasteiger partial charge in [-0.15, -0.1) is 0 Å². The van der Waals surface area contributed by atoms with E-state index in [9.17, 15) is 29.3 Å². The van der Waals surface area contributed by atoms with Gasteiger partial charge in [0.25, 0.3) is 23.4 Å². The molecule has 1 N–H and O–H groups in total. The van der Waals surface area contributed by atoms with Crippen LogP contribution in [0.3, 0.4) is 0 Å². The highest BCUT2D eigenvalue weighted by molar-refractivity contribution is 6.23. The van der Waals surface area contributed by atoms with Gasteiger partial charge in [0, 0.05) is 23.3 Å². The molecule has 188 valence electrons. The minimum atomic E-state index is -1.37. The van der Waals surface area contributed by atoms with Crippen molar-refractivity contribution >= 4 is 35.0 Å². The number of amides is 4. The Kier molecular flexibility index (Phi) is 6.96. The summed E-state index contributed by atoms with van der Waals surface area (Å²) in [4.78, 5) is 64.4. The lowest BCUT2D eigenvalue weighted by molar-refractivity contribution is -0.384. The summed E-state index contributed by atoms with van der Waals surface area (Å²) < 4.78 is 5.09. The Balaban J connectivity index is 1.70. The molecule has 1 atom stereocenters. The number of non-ortho nitro benzene ring substituents is 1. The third-order valence-corrected chi connectivity index (χ3v) is 5.79. The van der Waals surface area contributed by atoms with Gasteiger partial charge < -0.3 is 4.74 Å². The van der Waals surface area contributed by atoms with Crippen molar-refractivity contribution in [3.05, 3.63) is 99.6 Å². The Morgan fingerprint density at radius 3 is 2.38 bits per heavy atom. The normalized spacial score (nSPS) is 14.9. The first-order valence-corrected chi connectivity index (χ1v) is 11.2. The Morgan fingerprint density at radius 2 is 1.73 bits per heavy atom. The van der Waals surface area contributed by atoms with Gasteiger partial charge in [-0.2, -0.15) is 0 Å². The molecule has 1 aliphatic heterocycles. The second-order valence-corrected chi connectivity index (χ2v) is 8.28. The van der Waals surface area contributed by atoms with Crippen molar-refractivity contribution in [1.82, 2.24) is 10.4 Å². The van der Waals surface area contributed by atoms with Crippen molar-refractivity contribution in [1.29, 1.82) is 0 Å². The maximum atomic E-state index is 13.5. The van der Waals surface area contributed by atoms with E-state index >= 15 is 0 Å². The van der Waals surface area contributed by atoms with E-state index < -0.39 is 41.0 Å². The smallest absolute Gasteiger partial charge is 0.273 e. The number of anilines is 1. The van der Waals surface area contributed by atoms with Crippen LogP contribution in [0.4, 0.5) is 11.4 Å². The lowest BCUT2D eigenvalue weighted by Gasteiger charge is -2.28. The van der Waals surface area contributed by atoms with Crippen LogP contribution in [-0.4, -0.2) is 46.7 Å². The first-order valence-electron chi connectivity index (χ1n) is 11.2. The van der Waals surface area contributed by atoms with E-state index in [1.807, 2.05) is 0 Å². The summed E-state index contributed by atoms with van der Waals surface area (Å²) in [6, 6.07) is 16.3. The number of aryl methyl sites for hydroxylation is 1. The Hall–Kier alpha value is -5.06. The number of nitro groups is 1. The number of nitrogens with zero attached hydrogens (tertiary/aromatic N) is 3. The molecule has 0 saturated carbocycles. The lowest BCUT2D eigenvalue weighted by Crippen LogP contribution is -2.54. The molecule has 4 rings (SSSR count). The summed E-state index contributed by atoms with van der Waals surface area (Å²) in [6.07, 6.45) is -0.393. The van der Waals surface area contributed by atoms with Gasteiger partial charge in [0.15, 0.2) is 0 Å². The van der Waals surface area contributed by atoms with Gasteiger partial charge in [0.2, 0.25) is 5.91 Å². The quantitative estimate of drug-likeness (QED) is 0.310. The largest absolute Gasteiger partial charge is 0.497 e. The minimum Gasteiger partial charge on any atom is -0.497 e. The van der Waals surface area contributed by atoms with Gasteiger partial charge in [-0.25, -0.2) is 9.91 Å². The number of rotatable bonds is 6. The monoisotopic (exact) mass is 502 g/mol. The molecule has 3 aromatic rings. The standard InChI is InChI=1S/C26H22N4O7/c1-16-5-3-7-19(13-16)28-23(31)15-22(26(28)34)29(25(33)18-6-4-8-20(14-18)30(35)36)27-24(32)17-9-11-21(37-2)12-10-17/h3-14,22H,15H2,1-2H3,(H,27,32). The summed E-state index contributed by atoms with van der Waals surface area (Å²) in [6.45, 7) is 1.80. The van der Waals surface area contributed by atoms with Crippen LogP contribution < -0.4 is 15.1 Å². The van der Waals surface area contributed by atoms with Crippen LogP contribution in [0.1, 0.15) is 32.7 Å². The molecule has 0 radical (unpaired) electrons. The number of benzene rings is 3. The minimum absolute atomic E-state index is 0.140. The van der Waals surface area contributed by atoms with Gasteiger partial charge in [-0.3, -0.25) is 34.7 Å². The molecule has 4 amide bonds. The predicted octanol–water partition coefficient (Wildman–Crippen LogP) is 3.03. The average molecular weight is 502 g/mol. The van der Waals surface area contributed by atoms with Crippen LogP contribution in [-0.2, 0) is 9.59 Å². The molecular formula is C26H22N4O7. The molecule has 0 aromatic heterocycles. The number of carbonyl (C=O) groups is 4. The number of methoxy groups -OCH3 is 1. The third kappa shape index (κ3) is 5.15. The fourth-order valence-corrected chi connectivity index (χ4v) is 3.93. The van der Waals surface area contributed by atoms with Crippen LogP contribution in [0.15, 0.2) is 72.8 Å². The number of hydrogen-bond donors (Lipinski definition) is 1. The zero-order valence-electron chi connectivity index (χ0n) is 19.9. The third-order valence-electron chi connectivity index (χ3n) is 5.79. The molecule has 0 bridgehead atoms. The van der Waals surface area contributed by atoms with E-state index in [1.54, 1.807) is 43.3 Å². The highest BCUT2D eigenvalue weighted by Gasteiger charge is 2.45. The van der Waals surface area contributed by atoms with E-state index in [1.165, 1.54) is 37.4 Å². The zero-order valence-corrected chi connectivity index (χ0v) is 19.9. The number of hydrazine groups is 1. The molecule has 37 heavy (non-hydrogen) atoms. The maximum Gasteiger partial charge on any atom is 0.273 e. The van der Waals surface area contributed by atoms with E-state index in [2.05, 4.69) is 5.43 Å². The highest BCUT2D eigenvalue weighted by Crippen LogP contribution is 2.27. The first kappa shape index (κ1) is 25.0. The van der Waals surface area contributed by atoms with Crippen molar-refractivity contribution < 1.29 is 28.8 Å². The fourth-order valence-electron chi connectivity index (χ4n) is 3.93. The summed E-state index contributed by atoms with van der Waals surface area (Å²) in [5.74, 6) is -2.38. The summed E-state index contributed by atoms with van der Waals surface area (Å²) in [5, 5.41) is 12.0. The van der Waals surface area contributed by atoms with Crippen molar-refractivity contribution in [2.24, 2.45) is 0 Å². The molecule has 11 nitrogen and oxygen atoms in total. The summed E-state index contributed by atoms with van der Waals surface area (Å²) in [5.41, 5.74) is 3.25. The Bertz CT molecular complexity index is 1400. The number of carbonyl (C=O) groups excluding carboxylic acids is 4. The number of nitrogens with one attached hydrogen (secondary N) is 1. The topological polar surface area (TPSA) is 139 Å². The SMILES string of the molecule is COc1ccc(C(=O)NN(C(=O)c2cccc([N+](=O)[O-])c2)C2CC(=O)N(c3cccc(C)c3)C2=O)cc1. The lowest BCUT2D eigenvalue weighted by atomic mass is 10.1. The van der Waals surface area contributed by atoms with Gasteiger partial charge in [-0.1, -0.05) is 18.2 Å². The predicted molar refractivity (Wildman–Crippen MR) is 132 cm³/mol. The van der Waals surface area contributed by atoms with Crippen LogP contribution in [0.5, 0.6) is 5.75 Å².